The third-order valence-corrected chi connectivity index (χ3v) is 5.31. The second kappa shape index (κ2) is 4.12. The van der Waals surface area contributed by atoms with Crippen LogP contribution in [0.2, 0.25) is 0 Å². The summed E-state index contributed by atoms with van der Waals surface area (Å²) < 4.78 is 0. The largest absolute Gasteiger partial charge is 0.303 e. The highest BCUT2D eigenvalue weighted by atomic mass is 16.1. The van der Waals surface area contributed by atoms with E-state index in [0.717, 1.165) is 18.3 Å². The van der Waals surface area contributed by atoms with Crippen molar-refractivity contribution in [2.24, 2.45) is 22.7 Å². The van der Waals surface area contributed by atoms with Gasteiger partial charge in [0.2, 0.25) is 0 Å². The third-order valence-electron chi connectivity index (χ3n) is 5.31. The van der Waals surface area contributed by atoms with Crippen molar-refractivity contribution >= 4 is 6.29 Å². The molecule has 0 bridgehead atoms. The molecule has 0 aromatic carbocycles. The van der Waals surface area contributed by atoms with Gasteiger partial charge in [-0.25, -0.2) is 0 Å². The van der Waals surface area contributed by atoms with Crippen LogP contribution in [0.1, 0.15) is 46.5 Å². The lowest BCUT2D eigenvalue weighted by Crippen LogP contribution is -2.49. The number of hydrogen-bond acceptors (Lipinski definition) is 1. The van der Waals surface area contributed by atoms with Gasteiger partial charge in [0.15, 0.2) is 0 Å². The van der Waals surface area contributed by atoms with Gasteiger partial charge in [-0.3, -0.25) is 0 Å². The molecule has 0 radical (unpaired) electrons. The Balaban J connectivity index is 2.45. The molecule has 1 unspecified atom stereocenters. The third kappa shape index (κ3) is 1.80. The van der Waals surface area contributed by atoms with Crippen LogP contribution in [0.15, 0.2) is 24.3 Å². The summed E-state index contributed by atoms with van der Waals surface area (Å²) in [5, 5.41) is 0. The lowest BCUT2D eigenvalue weighted by molar-refractivity contribution is -0.119. The van der Waals surface area contributed by atoms with Crippen LogP contribution in [0.5, 0.6) is 0 Å². The van der Waals surface area contributed by atoms with Gasteiger partial charge in [-0.05, 0) is 41.6 Å². The highest BCUT2D eigenvalue weighted by Crippen LogP contribution is 2.59. The summed E-state index contributed by atoms with van der Waals surface area (Å²) in [4.78, 5) is 11.5. The maximum Gasteiger partial charge on any atom is 0.127 e. The van der Waals surface area contributed by atoms with Gasteiger partial charge in [-0.15, -0.1) is 0 Å². The SMILES string of the molecule is C=CC1=CC[C@H]2C(C)(C)CCC[C@]2(C)C1C=O. The highest BCUT2D eigenvalue weighted by Gasteiger charge is 2.52. The molecular weight excluding hydrogens is 208 g/mol. The molecule has 2 rings (SSSR count). The van der Waals surface area contributed by atoms with Crippen molar-refractivity contribution in [2.45, 2.75) is 46.5 Å². The van der Waals surface area contributed by atoms with E-state index in [2.05, 4.69) is 33.4 Å². The minimum Gasteiger partial charge on any atom is -0.303 e. The first-order valence-electron chi connectivity index (χ1n) is 6.73. The summed E-state index contributed by atoms with van der Waals surface area (Å²) in [5.41, 5.74) is 1.65. The Morgan fingerprint density at radius 3 is 2.65 bits per heavy atom. The van der Waals surface area contributed by atoms with Gasteiger partial charge in [0.1, 0.15) is 6.29 Å². The van der Waals surface area contributed by atoms with Crippen molar-refractivity contribution in [3.8, 4) is 0 Å². The quantitative estimate of drug-likeness (QED) is 0.654. The minimum absolute atomic E-state index is 0.0540. The van der Waals surface area contributed by atoms with Gasteiger partial charge in [-0.1, -0.05) is 45.9 Å². The Morgan fingerprint density at radius 1 is 1.35 bits per heavy atom. The lowest BCUT2D eigenvalue weighted by atomic mass is 9.49. The van der Waals surface area contributed by atoms with Gasteiger partial charge in [0, 0.05) is 5.92 Å². The summed E-state index contributed by atoms with van der Waals surface area (Å²) in [5.74, 6) is 0.681. The van der Waals surface area contributed by atoms with Crippen molar-refractivity contribution in [3.63, 3.8) is 0 Å². The van der Waals surface area contributed by atoms with Crippen LogP contribution in [0.3, 0.4) is 0 Å². The first kappa shape index (κ1) is 12.6. The first-order chi connectivity index (χ1) is 7.95. The minimum atomic E-state index is 0.0540. The van der Waals surface area contributed by atoms with Crippen LogP contribution in [-0.4, -0.2) is 6.29 Å². The van der Waals surface area contributed by atoms with Crippen molar-refractivity contribution < 1.29 is 4.79 Å². The van der Waals surface area contributed by atoms with E-state index < -0.39 is 0 Å². The number of allylic oxidation sites excluding steroid dienone is 3. The van der Waals surface area contributed by atoms with E-state index in [-0.39, 0.29) is 11.3 Å². The molecule has 0 N–H and O–H groups in total. The molecule has 1 heteroatoms. The molecule has 0 spiro atoms. The maximum absolute atomic E-state index is 11.5. The predicted octanol–water partition coefficient (Wildman–Crippen LogP) is 4.15. The van der Waals surface area contributed by atoms with Gasteiger partial charge in [-0.2, -0.15) is 0 Å². The van der Waals surface area contributed by atoms with Crippen LogP contribution in [0, 0.1) is 22.7 Å². The number of aldehydes is 1. The van der Waals surface area contributed by atoms with E-state index in [1.54, 1.807) is 0 Å². The van der Waals surface area contributed by atoms with E-state index in [0.29, 0.717) is 11.3 Å². The summed E-state index contributed by atoms with van der Waals surface area (Å²) in [6.07, 6.45) is 10.1. The van der Waals surface area contributed by atoms with Crippen molar-refractivity contribution in [2.75, 3.05) is 0 Å². The fourth-order valence-corrected chi connectivity index (χ4v) is 4.33. The smallest absolute Gasteiger partial charge is 0.127 e. The number of fused-ring (bicyclic) bond motifs is 1. The Hall–Kier alpha value is -0.850. The second-order valence-electron chi connectivity index (χ2n) is 6.66. The van der Waals surface area contributed by atoms with Gasteiger partial charge < -0.3 is 4.79 Å². The fourth-order valence-electron chi connectivity index (χ4n) is 4.33. The molecule has 0 amide bonds. The van der Waals surface area contributed by atoms with E-state index in [1.807, 2.05) is 6.08 Å². The first-order valence-corrected chi connectivity index (χ1v) is 6.73. The maximum atomic E-state index is 11.5. The zero-order chi connectivity index (χ0) is 12.7. The van der Waals surface area contributed by atoms with Crippen molar-refractivity contribution in [1.29, 1.82) is 0 Å². The van der Waals surface area contributed by atoms with Crippen LogP contribution in [0.25, 0.3) is 0 Å². The van der Waals surface area contributed by atoms with E-state index in [9.17, 15) is 4.79 Å². The van der Waals surface area contributed by atoms with Crippen molar-refractivity contribution in [3.05, 3.63) is 24.3 Å². The van der Waals surface area contributed by atoms with E-state index in [4.69, 9.17) is 0 Å². The normalized spacial score (nSPS) is 40.1. The van der Waals surface area contributed by atoms with E-state index >= 15 is 0 Å². The molecule has 94 valence electrons. The molecule has 0 aromatic rings. The average molecular weight is 232 g/mol. The Bertz CT molecular complexity index is 364. The van der Waals surface area contributed by atoms with E-state index in [1.165, 1.54) is 19.3 Å². The number of carbonyl (C=O) groups is 1. The van der Waals surface area contributed by atoms with Crippen LogP contribution >= 0.6 is 0 Å². The molecule has 17 heavy (non-hydrogen) atoms. The number of carbonyl (C=O) groups excluding carboxylic acids is 1. The molecule has 1 fully saturated rings. The molecule has 2 aliphatic carbocycles. The lowest BCUT2D eigenvalue weighted by Gasteiger charge is -2.55. The Morgan fingerprint density at radius 2 is 2.06 bits per heavy atom. The van der Waals surface area contributed by atoms with Gasteiger partial charge >= 0.3 is 0 Å². The summed E-state index contributed by atoms with van der Waals surface area (Å²) in [7, 11) is 0. The number of hydrogen-bond donors (Lipinski definition) is 0. The Labute approximate surface area is 105 Å². The molecular formula is C16H24O. The standard InChI is InChI=1S/C16H24O/c1-5-12-7-8-14-15(2,3)9-6-10-16(14,4)13(12)11-17/h5,7,11,13-14H,1,6,8-10H2,2-4H3/t13?,14-,16+/m0/s1. The monoisotopic (exact) mass is 232 g/mol. The second-order valence-corrected chi connectivity index (χ2v) is 6.66. The van der Waals surface area contributed by atoms with Crippen molar-refractivity contribution in [1.82, 2.24) is 0 Å². The summed E-state index contributed by atoms with van der Waals surface area (Å²) in [6.45, 7) is 10.9. The highest BCUT2D eigenvalue weighted by molar-refractivity contribution is 5.63. The molecule has 0 aliphatic heterocycles. The molecule has 0 saturated heterocycles. The Kier molecular flexibility index (Phi) is 3.05. The molecule has 0 aromatic heterocycles. The zero-order valence-corrected chi connectivity index (χ0v) is 11.3. The predicted molar refractivity (Wildman–Crippen MR) is 71.7 cm³/mol. The molecule has 0 heterocycles. The number of rotatable bonds is 2. The van der Waals surface area contributed by atoms with Gasteiger partial charge in [0.25, 0.3) is 0 Å². The molecule has 1 saturated carbocycles. The zero-order valence-electron chi connectivity index (χ0n) is 11.3. The van der Waals surface area contributed by atoms with Crippen LogP contribution < -0.4 is 0 Å². The van der Waals surface area contributed by atoms with Crippen LogP contribution in [-0.2, 0) is 4.79 Å². The van der Waals surface area contributed by atoms with Gasteiger partial charge in [0.05, 0.1) is 0 Å². The molecule has 3 atom stereocenters. The fraction of sp³-hybridized carbons (Fsp3) is 0.688. The summed E-state index contributed by atoms with van der Waals surface area (Å²) in [6, 6.07) is 0. The van der Waals surface area contributed by atoms with Crippen LogP contribution in [0.4, 0.5) is 0 Å². The average Bonchev–Trinajstić information content (AvgIpc) is 2.26. The summed E-state index contributed by atoms with van der Waals surface area (Å²) >= 11 is 0. The molecule has 1 nitrogen and oxygen atoms in total. The topological polar surface area (TPSA) is 17.1 Å². The molecule has 2 aliphatic rings.